The minimum absolute atomic E-state index is 1.08. The third kappa shape index (κ3) is 3.53. The second kappa shape index (κ2) is 5.10. The molecule has 0 aliphatic carbocycles. The van der Waals surface area contributed by atoms with E-state index < -0.39 is 24.0 Å². The van der Waals surface area contributed by atoms with Gasteiger partial charge in [0.05, 0.1) is 0 Å². The largest absolute Gasteiger partial charge is 0.480 e. The highest BCUT2D eigenvalue weighted by Crippen LogP contribution is 1.92. The first-order valence-electron chi connectivity index (χ1n) is 3.49. The minimum atomic E-state index is -1.18. The van der Waals surface area contributed by atoms with Crippen molar-refractivity contribution in [3.8, 4) is 0 Å². The summed E-state index contributed by atoms with van der Waals surface area (Å²) in [5.74, 6) is -2.36. The van der Waals surface area contributed by atoms with Gasteiger partial charge in [0.25, 0.3) is 0 Å². The molecule has 0 bridgehead atoms. The molecule has 0 aromatic carbocycles. The lowest BCUT2D eigenvalue weighted by molar-refractivity contribution is -0.140. The molecule has 72 valence electrons. The summed E-state index contributed by atoms with van der Waals surface area (Å²) < 4.78 is 0. The molecule has 0 saturated carbocycles. The molecule has 3 N–H and O–H groups in total. The third-order valence-electron chi connectivity index (χ3n) is 1.36. The van der Waals surface area contributed by atoms with Gasteiger partial charge in [0, 0.05) is 0 Å². The molecule has 0 radical (unpaired) electrons. The summed E-state index contributed by atoms with van der Waals surface area (Å²) in [6.07, 6.45) is 2.23. The van der Waals surface area contributed by atoms with E-state index in [9.17, 15) is 9.59 Å². The molecule has 0 aromatic heterocycles. The Kier molecular flexibility index (Phi) is 4.47. The van der Waals surface area contributed by atoms with Gasteiger partial charge in [-0.05, 0) is 0 Å². The van der Waals surface area contributed by atoms with E-state index in [-0.39, 0.29) is 0 Å². The standard InChI is InChI=1S/C8H11NO4/c1-3-5(7(10)11)9-6(4-2)8(12)13/h3-6,9H,1-2H2,(H,10,11)(H,12,13). The third-order valence-corrected chi connectivity index (χ3v) is 1.36. The predicted molar refractivity (Wildman–Crippen MR) is 46.4 cm³/mol. The fourth-order valence-electron chi connectivity index (χ4n) is 0.674. The second-order valence-electron chi connectivity index (χ2n) is 2.27. The Hall–Kier alpha value is -1.62. The van der Waals surface area contributed by atoms with Gasteiger partial charge in [-0.1, -0.05) is 12.2 Å². The Bertz CT molecular complexity index is 212. The van der Waals surface area contributed by atoms with Gasteiger partial charge in [0.15, 0.2) is 0 Å². The van der Waals surface area contributed by atoms with Crippen LogP contribution in [0, 0.1) is 0 Å². The fraction of sp³-hybridized carbons (Fsp3) is 0.250. The molecule has 2 atom stereocenters. The highest BCUT2D eigenvalue weighted by Gasteiger charge is 2.20. The summed E-state index contributed by atoms with van der Waals surface area (Å²) in [5.41, 5.74) is 0. The highest BCUT2D eigenvalue weighted by molar-refractivity contribution is 5.79. The summed E-state index contributed by atoms with van der Waals surface area (Å²) in [5, 5.41) is 19.4. The summed E-state index contributed by atoms with van der Waals surface area (Å²) in [6.45, 7) is 6.52. The molecule has 13 heavy (non-hydrogen) atoms. The first kappa shape index (κ1) is 11.4. The normalized spacial score (nSPS) is 14.2. The maximum Gasteiger partial charge on any atom is 0.324 e. The lowest BCUT2D eigenvalue weighted by Gasteiger charge is -2.13. The molecular formula is C8H11NO4. The first-order chi connectivity index (χ1) is 6.02. The molecule has 5 heteroatoms. The van der Waals surface area contributed by atoms with E-state index in [0.717, 1.165) is 12.2 Å². The van der Waals surface area contributed by atoms with E-state index >= 15 is 0 Å². The van der Waals surface area contributed by atoms with Crippen LogP contribution < -0.4 is 5.32 Å². The monoisotopic (exact) mass is 185 g/mol. The number of rotatable bonds is 6. The van der Waals surface area contributed by atoms with Crippen LogP contribution in [0.5, 0.6) is 0 Å². The Morgan fingerprint density at radius 3 is 1.54 bits per heavy atom. The number of hydrogen-bond acceptors (Lipinski definition) is 3. The Balaban J connectivity index is 4.36. The summed E-state index contributed by atoms with van der Waals surface area (Å²) >= 11 is 0. The van der Waals surface area contributed by atoms with E-state index in [1.54, 1.807) is 0 Å². The molecular weight excluding hydrogens is 174 g/mol. The molecule has 5 nitrogen and oxygen atoms in total. The SMILES string of the molecule is C=CC(NC(C=C)C(=O)O)C(=O)O. The van der Waals surface area contributed by atoms with E-state index in [4.69, 9.17) is 10.2 Å². The average Bonchev–Trinajstić information content (AvgIpc) is 2.05. The summed E-state index contributed by atoms with van der Waals surface area (Å²) in [6, 6.07) is -2.17. The van der Waals surface area contributed by atoms with Crippen molar-refractivity contribution in [1.82, 2.24) is 5.32 Å². The zero-order valence-electron chi connectivity index (χ0n) is 6.93. The average molecular weight is 185 g/mol. The molecule has 0 fully saturated rings. The van der Waals surface area contributed by atoms with Gasteiger partial charge in [-0.3, -0.25) is 14.9 Å². The molecule has 0 aromatic rings. The molecule has 0 heterocycles. The number of hydrogen-bond donors (Lipinski definition) is 3. The van der Waals surface area contributed by atoms with Crippen LogP contribution in [0.3, 0.4) is 0 Å². The van der Waals surface area contributed by atoms with Crippen molar-refractivity contribution in [2.24, 2.45) is 0 Å². The summed E-state index contributed by atoms with van der Waals surface area (Å²) in [7, 11) is 0. The van der Waals surface area contributed by atoms with Gasteiger partial charge in [0.1, 0.15) is 12.1 Å². The minimum Gasteiger partial charge on any atom is -0.480 e. The molecule has 0 saturated heterocycles. The van der Waals surface area contributed by atoms with E-state index in [0.29, 0.717) is 0 Å². The zero-order chi connectivity index (χ0) is 10.4. The van der Waals surface area contributed by atoms with Crippen LogP contribution in [0.1, 0.15) is 0 Å². The molecule has 0 aliphatic heterocycles. The first-order valence-corrected chi connectivity index (χ1v) is 3.49. The number of nitrogens with one attached hydrogen (secondary N) is 1. The van der Waals surface area contributed by atoms with Crippen molar-refractivity contribution >= 4 is 11.9 Å². The number of carboxylic acid groups (broad SMARTS) is 2. The van der Waals surface area contributed by atoms with Gasteiger partial charge in [-0.2, -0.15) is 0 Å². The van der Waals surface area contributed by atoms with E-state index in [1.807, 2.05) is 0 Å². The van der Waals surface area contributed by atoms with Gasteiger partial charge < -0.3 is 10.2 Å². The van der Waals surface area contributed by atoms with Crippen molar-refractivity contribution in [2.75, 3.05) is 0 Å². The van der Waals surface area contributed by atoms with Gasteiger partial charge in [0.2, 0.25) is 0 Å². The van der Waals surface area contributed by atoms with Crippen molar-refractivity contribution in [3.05, 3.63) is 25.3 Å². The van der Waals surface area contributed by atoms with Gasteiger partial charge in [-0.25, -0.2) is 0 Å². The quantitative estimate of drug-likeness (QED) is 0.501. The van der Waals surface area contributed by atoms with Crippen LogP contribution in [0.4, 0.5) is 0 Å². The molecule has 0 aliphatic rings. The van der Waals surface area contributed by atoms with E-state index in [2.05, 4.69) is 18.5 Å². The van der Waals surface area contributed by atoms with Crippen molar-refractivity contribution < 1.29 is 19.8 Å². The maximum absolute atomic E-state index is 10.4. The van der Waals surface area contributed by atoms with Crippen molar-refractivity contribution in [2.45, 2.75) is 12.1 Å². The number of carboxylic acids is 2. The Labute approximate surface area is 75.4 Å². The summed E-state index contributed by atoms with van der Waals surface area (Å²) in [4.78, 5) is 20.9. The maximum atomic E-state index is 10.4. The fourth-order valence-corrected chi connectivity index (χ4v) is 0.674. The Morgan fingerprint density at radius 2 is 1.38 bits per heavy atom. The van der Waals surface area contributed by atoms with Crippen LogP contribution in [0.2, 0.25) is 0 Å². The van der Waals surface area contributed by atoms with Gasteiger partial charge in [-0.15, -0.1) is 13.2 Å². The molecule has 2 unspecified atom stereocenters. The van der Waals surface area contributed by atoms with Crippen molar-refractivity contribution in [3.63, 3.8) is 0 Å². The lowest BCUT2D eigenvalue weighted by Crippen LogP contribution is -2.44. The topological polar surface area (TPSA) is 86.6 Å². The lowest BCUT2D eigenvalue weighted by atomic mass is 10.2. The second-order valence-corrected chi connectivity index (χ2v) is 2.27. The molecule has 0 amide bonds. The zero-order valence-corrected chi connectivity index (χ0v) is 6.93. The smallest absolute Gasteiger partial charge is 0.324 e. The van der Waals surface area contributed by atoms with Gasteiger partial charge >= 0.3 is 11.9 Å². The van der Waals surface area contributed by atoms with Crippen LogP contribution >= 0.6 is 0 Å². The van der Waals surface area contributed by atoms with Crippen molar-refractivity contribution in [1.29, 1.82) is 0 Å². The van der Waals surface area contributed by atoms with Crippen LogP contribution in [-0.2, 0) is 9.59 Å². The Morgan fingerprint density at radius 1 is 1.08 bits per heavy atom. The number of carbonyl (C=O) groups is 2. The molecule has 0 rings (SSSR count). The molecule has 0 spiro atoms. The van der Waals surface area contributed by atoms with Crippen LogP contribution in [-0.4, -0.2) is 34.2 Å². The van der Waals surface area contributed by atoms with Crippen LogP contribution in [0.25, 0.3) is 0 Å². The van der Waals surface area contributed by atoms with Crippen LogP contribution in [0.15, 0.2) is 25.3 Å². The highest BCUT2D eigenvalue weighted by atomic mass is 16.4. The number of aliphatic carboxylic acids is 2. The van der Waals surface area contributed by atoms with E-state index in [1.165, 1.54) is 0 Å². The predicted octanol–water partition coefficient (Wildman–Crippen LogP) is -0.146.